The predicted octanol–water partition coefficient (Wildman–Crippen LogP) is 3.91. The van der Waals surface area contributed by atoms with E-state index in [9.17, 15) is 27.6 Å². The Bertz CT molecular complexity index is 1240. The molecule has 1 aliphatic heterocycles. The number of hydrogen-bond donors (Lipinski definition) is 0. The molecule has 34 heavy (non-hydrogen) atoms. The van der Waals surface area contributed by atoms with Gasteiger partial charge in [-0.1, -0.05) is 23.5 Å². The van der Waals surface area contributed by atoms with Crippen molar-refractivity contribution in [3.63, 3.8) is 0 Å². The van der Waals surface area contributed by atoms with Gasteiger partial charge in [0.15, 0.2) is 5.78 Å². The molecule has 2 unspecified atom stereocenters. The van der Waals surface area contributed by atoms with Crippen molar-refractivity contribution < 1.29 is 37.0 Å². The molecule has 1 fully saturated rings. The monoisotopic (exact) mass is 491 g/mol. The average molecular weight is 491 g/mol. The molecule has 0 spiro atoms. The number of halogens is 3. The quantitative estimate of drug-likeness (QED) is 0.293. The van der Waals surface area contributed by atoms with Crippen molar-refractivity contribution in [3.05, 3.63) is 64.7 Å². The molecular formula is C22H16F3N3O5S. The summed E-state index contributed by atoms with van der Waals surface area (Å²) in [5.41, 5.74) is 0.428. The Morgan fingerprint density at radius 2 is 1.62 bits per heavy atom. The minimum absolute atomic E-state index is 0.0986. The molecule has 2 atom stereocenters. The number of ether oxygens (including phenoxy) is 2. The number of rotatable bonds is 6. The molecule has 2 aromatic carbocycles. The molecule has 1 saturated heterocycles. The summed E-state index contributed by atoms with van der Waals surface area (Å²) in [5.74, 6) is -3.96. The minimum Gasteiger partial charge on any atom is -0.497 e. The van der Waals surface area contributed by atoms with E-state index >= 15 is 0 Å². The highest BCUT2D eigenvalue weighted by Crippen LogP contribution is 2.42. The fourth-order valence-corrected chi connectivity index (χ4v) is 4.39. The van der Waals surface area contributed by atoms with E-state index in [2.05, 4.69) is 14.9 Å². The van der Waals surface area contributed by atoms with E-state index in [1.54, 1.807) is 19.1 Å². The first-order valence-electron chi connectivity index (χ1n) is 9.80. The first-order chi connectivity index (χ1) is 16.1. The summed E-state index contributed by atoms with van der Waals surface area (Å²) in [6.45, 7) is 1.65. The number of hydrogen-bond acceptors (Lipinski definition) is 8. The highest BCUT2D eigenvalue weighted by atomic mass is 32.1. The van der Waals surface area contributed by atoms with Crippen LogP contribution in [0.1, 0.15) is 27.0 Å². The number of carbonyl (C=O) groups is 3. The molecule has 1 aliphatic rings. The van der Waals surface area contributed by atoms with Gasteiger partial charge in [0, 0.05) is 5.56 Å². The zero-order chi connectivity index (χ0) is 24.6. The smallest absolute Gasteiger partial charge is 0.497 e. The van der Waals surface area contributed by atoms with Crippen molar-refractivity contribution in [2.45, 2.75) is 19.3 Å². The Hall–Kier alpha value is -3.80. The van der Waals surface area contributed by atoms with Crippen molar-refractivity contribution in [2.75, 3.05) is 12.0 Å². The Balaban J connectivity index is 1.77. The highest BCUT2D eigenvalue weighted by Gasteiger charge is 2.53. The zero-order valence-electron chi connectivity index (χ0n) is 17.7. The number of Topliss-reactive ketones (excluding diaryl/α,β-unsaturated/α-hetero) is 2. The number of alkyl halides is 3. The lowest BCUT2D eigenvalue weighted by Crippen LogP contribution is -2.30. The number of aryl methyl sites for hydroxylation is 1. The van der Waals surface area contributed by atoms with Crippen molar-refractivity contribution in [1.82, 2.24) is 10.2 Å². The molecule has 0 aliphatic carbocycles. The molecule has 12 heteroatoms. The standard InChI is InChI=1S/C22H16F3N3O5S/c1-11-26-27-21(34-11)28-17(12-3-9-15(10-4-12)33-22(23,24)25)16(19(30)20(28)31)18(29)13-5-7-14(32-2)8-6-13/h3-10,16-17H,1-2H3. The maximum atomic E-state index is 13.4. The maximum absolute atomic E-state index is 13.4. The van der Waals surface area contributed by atoms with Crippen LogP contribution >= 0.6 is 11.3 Å². The molecule has 0 N–H and O–H groups in total. The summed E-state index contributed by atoms with van der Waals surface area (Å²) >= 11 is 1.04. The van der Waals surface area contributed by atoms with E-state index < -0.39 is 41.5 Å². The van der Waals surface area contributed by atoms with Crippen molar-refractivity contribution in [2.24, 2.45) is 5.92 Å². The van der Waals surface area contributed by atoms with E-state index in [1.807, 2.05) is 0 Å². The molecule has 0 radical (unpaired) electrons. The number of amides is 1. The van der Waals surface area contributed by atoms with Gasteiger partial charge >= 0.3 is 6.36 Å². The normalized spacial score (nSPS) is 18.3. The molecule has 2 heterocycles. The Labute approximate surface area is 194 Å². The van der Waals surface area contributed by atoms with Crippen LogP contribution < -0.4 is 14.4 Å². The van der Waals surface area contributed by atoms with Gasteiger partial charge in [-0.3, -0.25) is 19.3 Å². The highest BCUT2D eigenvalue weighted by molar-refractivity contribution is 7.15. The Morgan fingerprint density at radius 1 is 1.00 bits per heavy atom. The zero-order valence-corrected chi connectivity index (χ0v) is 18.5. The Kier molecular flexibility index (Phi) is 6.09. The van der Waals surface area contributed by atoms with Gasteiger partial charge in [0.25, 0.3) is 5.91 Å². The molecule has 4 rings (SSSR count). The number of nitrogens with zero attached hydrogens (tertiary/aromatic N) is 3. The van der Waals surface area contributed by atoms with Gasteiger partial charge in [0.2, 0.25) is 10.9 Å². The van der Waals surface area contributed by atoms with Crippen LogP contribution in [0.3, 0.4) is 0 Å². The maximum Gasteiger partial charge on any atom is 0.573 e. The van der Waals surface area contributed by atoms with Crippen molar-refractivity contribution in [3.8, 4) is 11.5 Å². The molecule has 0 bridgehead atoms. The molecule has 176 valence electrons. The summed E-state index contributed by atoms with van der Waals surface area (Å²) in [4.78, 5) is 40.4. The molecular weight excluding hydrogens is 475 g/mol. The predicted molar refractivity (Wildman–Crippen MR) is 114 cm³/mol. The van der Waals surface area contributed by atoms with Crippen molar-refractivity contribution >= 4 is 33.9 Å². The topological polar surface area (TPSA) is 98.7 Å². The lowest BCUT2D eigenvalue weighted by atomic mass is 9.86. The first-order valence-corrected chi connectivity index (χ1v) is 10.6. The SMILES string of the molecule is COc1ccc(C(=O)C2C(=O)C(=O)N(c3nnc(C)s3)C2c2ccc(OC(F)(F)F)cc2)cc1. The van der Waals surface area contributed by atoms with E-state index in [0.29, 0.717) is 10.8 Å². The minimum atomic E-state index is -4.89. The number of ketones is 2. The summed E-state index contributed by atoms with van der Waals surface area (Å²) in [7, 11) is 1.46. The fourth-order valence-electron chi connectivity index (χ4n) is 3.67. The lowest BCUT2D eigenvalue weighted by Gasteiger charge is -2.25. The number of benzene rings is 2. The van der Waals surface area contributed by atoms with Gasteiger partial charge in [-0.05, 0) is 48.9 Å². The van der Waals surface area contributed by atoms with Crippen LogP contribution in [0.15, 0.2) is 48.5 Å². The van der Waals surface area contributed by atoms with Crippen LogP contribution in [0.4, 0.5) is 18.3 Å². The number of carbonyl (C=O) groups excluding carboxylic acids is 3. The third kappa shape index (κ3) is 4.49. The molecule has 1 amide bonds. The molecule has 3 aromatic rings. The van der Waals surface area contributed by atoms with E-state index in [0.717, 1.165) is 28.4 Å². The van der Waals surface area contributed by atoms with Gasteiger partial charge in [0.05, 0.1) is 13.2 Å². The second-order valence-electron chi connectivity index (χ2n) is 7.28. The van der Waals surface area contributed by atoms with Crippen LogP contribution in [-0.2, 0) is 9.59 Å². The van der Waals surface area contributed by atoms with Crippen LogP contribution in [-0.4, -0.2) is 41.1 Å². The number of methoxy groups -OCH3 is 1. The van der Waals surface area contributed by atoms with Crippen LogP contribution in [0, 0.1) is 12.8 Å². The average Bonchev–Trinajstić information content (AvgIpc) is 3.33. The van der Waals surface area contributed by atoms with Gasteiger partial charge in [0.1, 0.15) is 22.4 Å². The van der Waals surface area contributed by atoms with Gasteiger partial charge in [-0.15, -0.1) is 23.4 Å². The van der Waals surface area contributed by atoms with Crippen LogP contribution in [0.2, 0.25) is 0 Å². The van der Waals surface area contributed by atoms with E-state index in [4.69, 9.17) is 4.74 Å². The summed E-state index contributed by atoms with van der Waals surface area (Å²) in [5, 5.41) is 8.42. The molecule has 0 saturated carbocycles. The fraction of sp³-hybridized carbons (Fsp3) is 0.227. The van der Waals surface area contributed by atoms with Gasteiger partial charge in [-0.2, -0.15) is 0 Å². The number of aromatic nitrogens is 2. The van der Waals surface area contributed by atoms with E-state index in [-0.39, 0.29) is 16.3 Å². The van der Waals surface area contributed by atoms with Gasteiger partial charge < -0.3 is 9.47 Å². The van der Waals surface area contributed by atoms with Crippen LogP contribution in [0.25, 0.3) is 0 Å². The second-order valence-corrected chi connectivity index (χ2v) is 8.44. The van der Waals surface area contributed by atoms with Crippen molar-refractivity contribution in [1.29, 1.82) is 0 Å². The number of anilines is 1. The third-order valence-corrected chi connectivity index (χ3v) is 5.98. The molecule has 1 aromatic heterocycles. The first kappa shape index (κ1) is 23.4. The largest absolute Gasteiger partial charge is 0.573 e. The Morgan fingerprint density at radius 3 is 2.15 bits per heavy atom. The lowest BCUT2D eigenvalue weighted by molar-refractivity contribution is -0.274. The third-order valence-electron chi connectivity index (χ3n) is 5.14. The molecule has 8 nitrogen and oxygen atoms in total. The van der Waals surface area contributed by atoms with Gasteiger partial charge in [-0.25, -0.2) is 0 Å². The van der Waals surface area contributed by atoms with Crippen LogP contribution in [0.5, 0.6) is 11.5 Å². The van der Waals surface area contributed by atoms with E-state index in [1.165, 1.54) is 31.4 Å². The summed E-state index contributed by atoms with van der Waals surface area (Å²) < 4.78 is 46.6. The second kappa shape index (κ2) is 8.86. The summed E-state index contributed by atoms with van der Waals surface area (Å²) in [6.07, 6.45) is -4.89. The summed E-state index contributed by atoms with van der Waals surface area (Å²) in [6, 6.07) is 9.52.